The molecule has 2 N–H and O–H groups in total. The SMILES string of the molecule is CNC(=O)C1CCN(C(=O)CSCC(=O)Nc2cccc(C)c2)CC1. The van der Waals surface area contributed by atoms with Gasteiger partial charge in [0.1, 0.15) is 0 Å². The topological polar surface area (TPSA) is 78.5 Å². The predicted molar refractivity (Wildman–Crippen MR) is 101 cm³/mol. The van der Waals surface area contributed by atoms with E-state index in [1.807, 2.05) is 31.2 Å². The Bertz CT molecular complexity index is 628. The quantitative estimate of drug-likeness (QED) is 0.806. The van der Waals surface area contributed by atoms with E-state index in [0.29, 0.717) is 25.9 Å². The fourth-order valence-electron chi connectivity index (χ4n) is 2.84. The van der Waals surface area contributed by atoms with Crippen molar-refractivity contribution in [3.05, 3.63) is 29.8 Å². The van der Waals surface area contributed by atoms with Crippen LogP contribution in [0.1, 0.15) is 18.4 Å². The van der Waals surface area contributed by atoms with Gasteiger partial charge in [0, 0.05) is 31.7 Å². The highest BCUT2D eigenvalue weighted by Crippen LogP contribution is 2.18. The zero-order valence-corrected chi connectivity index (χ0v) is 15.5. The standard InChI is InChI=1S/C18H25N3O3S/c1-13-4-3-5-15(10-13)20-16(22)11-25-12-17(23)21-8-6-14(7-9-21)18(24)19-2/h3-5,10,14H,6-9,11-12H2,1-2H3,(H,19,24)(H,20,22). The van der Waals surface area contributed by atoms with Crippen molar-refractivity contribution in [2.75, 3.05) is 37.0 Å². The van der Waals surface area contributed by atoms with E-state index in [2.05, 4.69) is 10.6 Å². The van der Waals surface area contributed by atoms with Gasteiger partial charge < -0.3 is 15.5 Å². The number of nitrogens with one attached hydrogen (secondary N) is 2. The molecule has 25 heavy (non-hydrogen) atoms. The molecule has 0 atom stereocenters. The Morgan fingerprint density at radius 3 is 2.56 bits per heavy atom. The fraction of sp³-hybridized carbons (Fsp3) is 0.500. The maximum absolute atomic E-state index is 12.2. The highest BCUT2D eigenvalue weighted by Gasteiger charge is 2.26. The fourth-order valence-corrected chi connectivity index (χ4v) is 3.55. The zero-order valence-electron chi connectivity index (χ0n) is 14.7. The lowest BCUT2D eigenvalue weighted by molar-refractivity contribution is -0.133. The molecule has 7 heteroatoms. The zero-order chi connectivity index (χ0) is 18.2. The number of rotatable bonds is 6. The number of carbonyl (C=O) groups excluding carboxylic acids is 3. The van der Waals surface area contributed by atoms with Crippen molar-refractivity contribution in [3.8, 4) is 0 Å². The van der Waals surface area contributed by atoms with E-state index in [9.17, 15) is 14.4 Å². The van der Waals surface area contributed by atoms with Crippen LogP contribution in [0.25, 0.3) is 0 Å². The molecule has 136 valence electrons. The van der Waals surface area contributed by atoms with E-state index in [1.165, 1.54) is 11.8 Å². The summed E-state index contributed by atoms with van der Waals surface area (Å²) in [6.45, 7) is 3.18. The van der Waals surface area contributed by atoms with E-state index in [-0.39, 0.29) is 35.1 Å². The van der Waals surface area contributed by atoms with E-state index in [1.54, 1.807) is 11.9 Å². The minimum absolute atomic E-state index is 0.00168. The van der Waals surface area contributed by atoms with E-state index >= 15 is 0 Å². The second-order valence-electron chi connectivity index (χ2n) is 6.18. The van der Waals surface area contributed by atoms with Crippen LogP contribution >= 0.6 is 11.8 Å². The van der Waals surface area contributed by atoms with Crippen LogP contribution in [0.3, 0.4) is 0 Å². The predicted octanol–water partition coefficient (Wildman–Crippen LogP) is 1.65. The molecule has 0 spiro atoms. The van der Waals surface area contributed by atoms with Gasteiger partial charge in [0.25, 0.3) is 0 Å². The summed E-state index contributed by atoms with van der Waals surface area (Å²) in [5.74, 6) is 0.502. The minimum atomic E-state index is -0.110. The highest BCUT2D eigenvalue weighted by molar-refractivity contribution is 8.00. The number of anilines is 1. The van der Waals surface area contributed by atoms with Crippen molar-refractivity contribution in [1.29, 1.82) is 0 Å². The van der Waals surface area contributed by atoms with Crippen LogP contribution in [0.15, 0.2) is 24.3 Å². The van der Waals surface area contributed by atoms with Gasteiger partial charge in [0.15, 0.2) is 0 Å². The summed E-state index contributed by atoms with van der Waals surface area (Å²) in [7, 11) is 1.64. The van der Waals surface area contributed by atoms with Crippen molar-refractivity contribution in [2.24, 2.45) is 5.92 Å². The third-order valence-corrected chi connectivity index (χ3v) is 5.14. The van der Waals surface area contributed by atoms with Gasteiger partial charge in [-0.3, -0.25) is 14.4 Å². The molecule has 1 aromatic rings. The molecule has 1 aromatic carbocycles. The van der Waals surface area contributed by atoms with Gasteiger partial charge in [0.2, 0.25) is 17.7 Å². The summed E-state index contributed by atoms with van der Waals surface area (Å²) in [6.07, 6.45) is 1.40. The molecule has 2 rings (SSSR count). The number of carbonyl (C=O) groups is 3. The number of hydrogen-bond acceptors (Lipinski definition) is 4. The lowest BCUT2D eigenvalue weighted by atomic mass is 9.96. The highest BCUT2D eigenvalue weighted by atomic mass is 32.2. The van der Waals surface area contributed by atoms with Crippen LogP contribution in [0.5, 0.6) is 0 Å². The Morgan fingerprint density at radius 1 is 1.20 bits per heavy atom. The van der Waals surface area contributed by atoms with Gasteiger partial charge in [-0.05, 0) is 37.5 Å². The molecule has 1 fully saturated rings. The van der Waals surface area contributed by atoms with Crippen molar-refractivity contribution in [1.82, 2.24) is 10.2 Å². The summed E-state index contributed by atoms with van der Waals surface area (Å²) < 4.78 is 0. The van der Waals surface area contributed by atoms with Crippen LogP contribution in [0, 0.1) is 12.8 Å². The van der Waals surface area contributed by atoms with Gasteiger partial charge in [-0.25, -0.2) is 0 Å². The largest absolute Gasteiger partial charge is 0.359 e. The number of likely N-dealkylation sites (tertiary alicyclic amines) is 1. The Labute approximate surface area is 152 Å². The number of amides is 3. The van der Waals surface area contributed by atoms with Crippen molar-refractivity contribution in [3.63, 3.8) is 0 Å². The van der Waals surface area contributed by atoms with Crippen LogP contribution in [0.4, 0.5) is 5.69 Å². The summed E-state index contributed by atoms with van der Waals surface area (Å²) in [5.41, 5.74) is 1.86. The Kier molecular flexibility index (Phi) is 7.31. The van der Waals surface area contributed by atoms with Crippen molar-refractivity contribution in [2.45, 2.75) is 19.8 Å². The van der Waals surface area contributed by atoms with Crippen LogP contribution in [0.2, 0.25) is 0 Å². The average molecular weight is 363 g/mol. The first-order valence-corrected chi connectivity index (χ1v) is 9.58. The number of nitrogens with zero attached hydrogens (tertiary/aromatic N) is 1. The number of aryl methyl sites for hydroxylation is 1. The Morgan fingerprint density at radius 2 is 1.92 bits per heavy atom. The average Bonchev–Trinajstić information content (AvgIpc) is 2.61. The summed E-state index contributed by atoms with van der Waals surface area (Å²) >= 11 is 1.32. The molecule has 1 saturated heterocycles. The molecule has 1 aliphatic heterocycles. The number of hydrogen-bond donors (Lipinski definition) is 2. The Balaban J connectivity index is 1.67. The van der Waals surface area contributed by atoms with E-state index in [0.717, 1.165) is 11.3 Å². The van der Waals surface area contributed by atoms with Gasteiger partial charge >= 0.3 is 0 Å². The van der Waals surface area contributed by atoms with Gasteiger partial charge in [-0.15, -0.1) is 11.8 Å². The third-order valence-electron chi connectivity index (χ3n) is 4.23. The first-order chi connectivity index (χ1) is 12.0. The Hall–Kier alpha value is -2.02. The maximum atomic E-state index is 12.2. The van der Waals surface area contributed by atoms with Gasteiger partial charge in [0.05, 0.1) is 11.5 Å². The molecule has 0 radical (unpaired) electrons. The molecular formula is C18H25N3O3S. The molecule has 0 unspecified atom stereocenters. The molecule has 0 saturated carbocycles. The summed E-state index contributed by atoms with van der Waals surface area (Å²) in [5, 5.41) is 5.49. The third kappa shape index (κ3) is 6.08. The van der Waals surface area contributed by atoms with E-state index < -0.39 is 0 Å². The maximum Gasteiger partial charge on any atom is 0.234 e. The molecule has 0 aliphatic carbocycles. The number of benzene rings is 1. The normalized spacial score (nSPS) is 14.9. The van der Waals surface area contributed by atoms with Crippen LogP contribution in [-0.4, -0.2) is 54.3 Å². The minimum Gasteiger partial charge on any atom is -0.359 e. The molecule has 1 heterocycles. The second kappa shape index (κ2) is 9.46. The molecule has 0 bridgehead atoms. The first kappa shape index (κ1) is 19.3. The monoisotopic (exact) mass is 363 g/mol. The molecule has 0 aromatic heterocycles. The number of thioether (sulfide) groups is 1. The summed E-state index contributed by atoms with van der Waals surface area (Å²) in [4.78, 5) is 37.5. The molecule has 3 amide bonds. The van der Waals surface area contributed by atoms with Crippen molar-refractivity contribution < 1.29 is 14.4 Å². The summed E-state index contributed by atoms with van der Waals surface area (Å²) in [6, 6.07) is 7.61. The lowest BCUT2D eigenvalue weighted by Crippen LogP contribution is -2.43. The molecular weight excluding hydrogens is 338 g/mol. The smallest absolute Gasteiger partial charge is 0.234 e. The number of piperidine rings is 1. The van der Waals surface area contributed by atoms with E-state index in [4.69, 9.17) is 0 Å². The molecule has 6 nitrogen and oxygen atoms in total. The van der Waals surface area contributed by atoms with Gasteiger partial charge in [-0.1, -0.05) is 12.1 Å². The first-order valence-electron chi connectivity index (χ1n) is 8.43. The molecule has 1 aliphatic rings. The lowest BCUT2D eigenvalue weighted by Gasteiger charge is -2.31. The van der Waals surface area contributed by atoms with Crippen molar-refractivity contribution >= 4 is 35.2 Å². The van der Waals surface area contributed by atoms with Crippen LogP contribution in [-0.2, 0) is 14.4 Å². The second-order valence-corrected chi connectivity index (χ2v) is 7.17. The van der Waals surface area contributed by atoms with Crippen LogP contribution < -0.4 is 10.6 Å². The van der Waals surface area contributed by atoms with Gasteiger partial charge in [-0.2, -0.15) is 0 Å².